The Balaban J connectivity index is 1.82. The fourth-order valence-corrected chi connectivity index (χ4v) is 2.88. The first-order valence-corrected chi connectivity index (χ1v) is 8.40. The van der Waals surface area contributed by atoms with Crippen LogP contribution in [0.4, 0.5) is 0 Å². The van der Waals surface area contributed by atoms with Gasteiger partial charge in [0.05, 0.1) is 5.56 Å². The summed E-state index contributed by atoms with van der Waals surface area (Å²) in [4.78, 5) is 13.2. The lowest BCUT2D eigenvalue weighted by Crippen LogP contribution is -2.25. The van der Waals surface area contributed by atoms with Crippen molar-refractivity contribution in [3.8, 4) is 0 Å². The van der Waals surface area contributed by atoms with Crippen molar-refractivity contribution < 1.29 is 4.79 Å². The van der Waals surface area contributed by atoms with E-state index in [2.05, 4.69) is 36.5 Å². The van der Waals surface area contributed by atoms with Gasteiger partial charge in [0.15, 0.2) is 0 Å². The van der Waals surface area contributed by atoms with Gasteiger partial charge in [0.25, 0.3) is 5.91 Å². The normalized spacial score (nSPS) is 10.4. The van der Waals surface area contributed by atoms with Crippen LogP contribution in [0.15, 0.2) is 53.4 Å². The molecule has 1 N–H and O–H groups in total. The molecular formula is C18H21NOS. The average molecular weight is 299 g/mol. The second kappa shape index (κ2) is 7.89. The van der Waals surface area contributed by atoms with Crippen LogP contribution in [-0.2, 0) is 6.42 Å². The molecule has 0 heterocycles. The van der Waals surface area contributed by atoms with E-state index in [-0.39, 0.29) is 5.91 Å². The molecule has 0 aliphatic carbocycles. The van der Waals surface area contributed by atoms with E-state index in [4.69, 9.17) is 0 Å². The molecule has 110 valence electrons. The van der Waals surface area contributed by atoms with E-state index in [0.717, 1.165) is 23.3 Å². The van der Waals surface area contributed by atoms with E-state index in [0.29, 0.717) is 6.54 Å². The molecule has 0 spiro atoms. The van der Waals surface area contributed by atoms with E-state index in [1.807, 2.05) is 30.5 Å². The van der Waals surface area contributed by atoms with Crippen molar-refractivity contribution in [3.63, 3.8) is 0 Å². The molecule has 0 aliphatic heterocycles. The molecule has 0 aliphatic rings. The molecule has 0 aromatic heterocycles. The van der Waals surface area contributed by atoms with Crippen LogP contribution < -0.4 is 5.32 Å². The van der Waals surface area contributed by atoms with Crippen molar-refractivity contribution >= 4 is 17.7 Å². The highest BCUT2D eigenvalue weighted by atomic mass is 32.2. The Morgan fingerprint density at radius 2 is 1.95 bits per heavy atom. The average Bonchev–Trinajstić information content (AvgIpc) is 2.51. The fourth-order valence-electron chi connectivity index (χ4n) is 2.29. The fraction of sp³-hybridized carbons (Fsp3) is 0.278. The van der Waals surface area contributed by atoms with Crippen LogP contribution in [0.1, 0.15) is 27.9 Å². The van der Waals surface area contributed by atoms with Gasteiger partial charge in [-0.1, -0.05) is 42.0 Å². The van der Waals surface area contributed by atoms with Crippen LogP contribution in [-0.4, -0.2) is 18.7 Å². The number of benzene rings is 2. The van der Waals surface area contributed by atoms with Gasteiger partial charge in [-0.2, -0.15) is 0 Å². The number of aryl methyl sites for hydroxylation is 2. The van der Waals surface area contributed by atoms with Gasteiger partial charge in [-0.15, -0.1) is 11.8 Å². The third kappa shape index (κ3) is 4.64. The lowest BCUT2D eigenvalue weighted by Gasteiger charge is -2.08. The Kier molecular flexibility index (Phi) is 5.88. The zero-order chi connectivity index (χ0) is 15.1. The first-order chi connectivity index (χ1) is 10.2. The topological polar surface area (TPSA) is 29.1 Å². The monoisotopic (exact) mass is 299 g/mol. The number of hydrogen-bond acceptors (Lipinski definition) is 2. The summed E-state index contributed by atoms with van der Waals surface area (Å²) in [5.41, 5.74) is 3.37. The van der Waals surface area contributed by atoms with E-state index in [1.54, 1.807) is 11.8 Å². The summed E-state index contributed by atoms with van der Waals surface area (Å²) in [6.45, 7) is 2.81. The van der Waals surface area contributed by atoms with Gasteiger partial charge in [0.1, 0.15) is 0 Å². The Morgan fingerprint density at radius 3 is 2.71 bits per heavy atom. The van der Waals surface area contributed by atoms with Crippen molar-refractivity contribution in [3.05, 3.63) is 65.2 Å². The highest BCUT2D eigenvalue weighted by Gasteiger charge is 2.09. The predicted octanol–water partition coefficient (Wildman–Crippen LogP) is 4.08. The first-order valence-electron chi connectivity index (χ1n) is 7.17. The van der Waals surface area contributed by atoms with Crippen LogP contribution >= 0.6 is 11.8 Å². The number of carbonyl (C=O) groups is 1. The molecule has 0 atom stereocenters. The van der Waals surface area contributed by atoms with Crippen LogP contribution in [0.25, 0.3) is 0 Å². The molecule has 0 saturated carbocycles. The smallest absolute Gasteiger partial charge is 0.252 e. The maximum absolute atomic E-state index is 12.2. The molecule has 0 fully saturated rings. The summed E-state index contributed by atoms with van der Waals surface area (Å²) in [6.07, 6.45) is 3.94. The number of carbonyl (C=O) groups excluding carboxylic acids is 1. The highest BCUT2D eigenvalue weighted by molar-refractivity contribution is 7.98. The summed E-state index contributed by atoms with van der Waals surface area (Å²) in [5.74, 6) is 0.0178. The molecule has 0 radical (unpaired) electrons. The highest BCUT2D eigenvalue weighted by Crippen LogP contribution is 2.19. The summed E-state index contributed by atoms with van der Waals surface area (Å²) >= 11 is 1.60. The lowest BCUT2D eigenvalue weighted by atomic mass is 10.1. The van der Waals surface area contributed by atoms with Crippen molar-refractivity contribution in [2.24, 2.45) is 0 Å². The molecule has 0 unspecified atom stereocenters. The number of rotatable bonds is 6. The maximum Gasteiger partial charge on any atom is 0.252 e. The van der Waals surface area contributed by atoms with Gasteiger partial charge in [-0.25, -0.2) is 0 Å². The van der Waals surface area contributed by atoms with Crippen molar-refractivity contribution in [1.82, 2.24) is 5.32 Å². The van der Waals surface area contributed by atoms with Crippen LogP contribution in [0.5, 0.6) is 0 Å². The summed E-state index contributed by atoms with van der Waals surface area (Å²) in [6, 6.07) is 16.2. The SMILES string of the molecule is CSc1ccccc1C(=O)NCCCc1cccc(C)c1. The molecule has 2 aromatic rings. The van der Waals surface area contributed by atoms with Gasteiger partial charge in [-0.3, -0.25) is 4.79 Å². The molecule has 2 aromatic carbocycles. The minimum absolute atomic E-state index is 0.0178. The number of amides is 1. The predicted molar refractivity (Wildman–Crippen MR) is 90.1 cm³/mol. The standard InChI is InChI=1S/C18H21NOS/c1-14-7-5-8-15(13-14)9-6-12-19-18(20)16-10-3-4-11-17(16)21-2/h3-5,7-8,10-11,13H,6,9,12H2,1-2H3,(H,19,20). The molecule has 1 amide bonds. The van der Waals surface area contributed by atoms with Crippen LogP contribution in [0.3, 0.4) is 0 Å². The van der Waals surface area contributed by atoms with E-state index < -0.39 is 0 Å². The summed E-state index contributed by atoms with van der Waals surface area (Å²) in [5, 5.41) is 3.01. The molecule has 0 saturated heterocycles. The zero-order valence-corrected chi connectivity index (χ0v) is 13.4. The molecule has 2 nitrogen and oxygen atoms in total. The minimum atomic E-state index is 0.0178. The van der Waals surface area contributed by atoms with Crippen molar-refractivity contribution in [2.75, 3.05) is 12.8 Å². The molecule has 21 heavy (non-hydrogen) atoms. The Bertz CT molecular complexity index is 610. The van der Waals surface area contributed by atoms with E-state index in [9.17, 15) is 4.79 Å². The maximum atomic E-state index is 12.2. The van der Waals surface area contributed by atoms with Gasteiger partial charge in [-0.05, 0) is 43.7 Å². The van der Waals surface area contributed by atoms with Gasteiger partial charge in [0.2, 0.25) is 0 Å². The van der Waals surface area contributed by atoms with Crippen LogP contribution in [0.2, 0.25) is 0 Å². The first kappa shape index (κ1) is 15.6. The third-order valence-corrected chi connectivity index (χ3v) is 4.16. The molecular weight excluding hydrogens is 278 g/mol. The van der Waals surface area contributed by atoms with E-state index in [1.165, 1.54) is 11.1 Å². The quantitative estimate of drug-likeness (QED) is 0.643. The zero-order valence-electron chi connectivity index (χ0n) is 12.6. The third-order valence-electron chi connectivity index (χ3n) is 3.36. The van der Waals surface area contributed by atoms with Gasteiger partial charge >= 0.3 is 0 Å². The minimum Gasteiger partial charge on any atom is -0.352 e. The van der Waals surface area contributed by atoms with Crippen molar-refractivity contribution in [1.29, 1.82) is 0 Å². The molecule has 0 bridgehead atoms. The molecule has 3 heteroatoms. The summed E-state index contributed by atoms with van der Waals surface area (Å²) in [7, 11) is 0. The number of hydrogen-bond donors (Lipinski definition) is 1. The number of thioether (sulfide) groups is 1. The van der Waals surface area contributed by atoms with E-state index >= 15 is 0 Å². The number of nitrogens with one attached hydrogen (secondary N) is 1. The summed E-state index contributed by atoms with van der Waals surface area (Å²) < 4.78 is 0. The second-order valence-electron chi connectivity index (χ2n) is 5.05. The Hall–Kier alpha value is -1.74. The lowest BCUT2D eigenvalue weighted by molar-refractivity contribution is 0.0950. The molecule has 2 rings (SSSR count). The van der Waals surface area contributed by atoms with Crippen LogP contribution in [0, 0.1) is 6.92 Å². The van der Waals surface area contributed by atoms with Gasteiger partial charge in [0, 0.05) is 11.4 Å². The van der Waals surface area contributed by atoms with Crippen molar-refractivity contribution in [2.45, 2.75) is 24.7 Å². The van der Waals surface area contributed by atoms with Gasteiger partial charge < -0.3 is 5.32 Å². The Labute approximate surface area is 131 Å². The second-order valence-corrected chi connectivity index (χ2v) is 5.90. The Morgan fingerprint density at radius 1 is 1.14 bits per heavy atom. The largest absolute Gasteiger partial charge is 0.352 e.